The average molecular weight is 364 g/mol. The van der Waals surface area contributed by atoms with Crippen LogP contribution < -0.4 is 5.32 Å². The number of anilines is 1. The highest BCUT2D eigenvalue weighted by Crippen LogP contribution is 2.33. The molecule has 0 bridgehead atoms. The SMILES string of the molecule is CCc1ccc2oc(-c3cc(NC(=O)c4cccs4)ccc3O)nc2c1. The zero-order valence-electron chi connectivity index (χ0n) is 14.0. The first-order valence-corrected chi connectivity index (χ1v) is 9.09. The number of aromatic nitrogens is 1. The number of hydrogen-bond acceptors (Lipinski definition) is 5. The number of fused-ring (bicyclic) bond motifs is 1. The molecule has 0 radical (unpaired) electrons. The van der Waals surface area contributed by atoms with Crippen LogP contribution in [-0.4, -0.2) is 16.0 Å². The van der Waals surface area contributed by atoms with E-state index >= 15 is 0 Å². The van der Waals surface area contributed by atoms with Gasteiger partial charge in [-0.25, -0.2) is 4.98 Å². The summed E-state index contributed by atoms with van der Waals surface area (Å²) in [5.74, 6) is 0.168. The molecular formula is C20H16N2O3S. The van der Waals surface area contributed by atoms with Crippen molar-refractivity contribution >= 4 is 34.0 Å². The number of oxazole rings is 1. The van der Waals surface area contributed by atoms with E-state index in [1.165, 1.54) is 23.0 Å². The molecule has 4 aromatic rings. The predicted octanol–water partition coefficient (Wildman–Crippen LogP) is 5.08. The van der Waals surface area contributed by atoms with Crippen LogP contribution >= 0.6 is 11.3 Å². The molecule has 6 heteroatoms. The molecule has 2 aromatic carbocycles. The summed E-state index contributed by atoms with van der Waals surface area (Å²) in [7, 11) is 0. The molecule has 2 heterocycles. The first kappa shape index (κ1) is 16.4. The number of aromatic hydroxyl groups is 1. The van der Waals surface area contributed by atoms with Crippen molar-refractivity contribution in [2.24, 2.45) is 0 Å². The van der Waals surface area contributed by atoms with E-state index in [1.54, 1.807) is 18.2 Å². The summed E-state index contributed by atoms with van der Waals surface area (Å²) in [6, 6.07) is 14.2. The molecule has 0 saturated heterocycles. The van der Waals surface area contributed by atoms with Gasteiger partial charge in [0.15, 0.2) is 5.58 Å². The van der Waals surface area contributed by atoms with E-state index in [0.29, 0.717) is 27.6 Å². The molecule has 4 rings (SSSR count). The Kier molecular flexibility index (Phi) is 4.18. The van der Waals surface area contributed by atoms with Crippen LogP contribution in [0.3, 0.4) is 0 Å². The van der Waals surface area contributed by atoms with Crippen molar-refractivity contribution in [1.29, 1.82) is 0 Å². The molecule has 0 spiro atoms. The van der Waals surface area contributed by atoms with Gasteiger partial charge in [0.1, 0.15) is 11.3 Å². The van der Waals surface area contributed by atoms with E-state index in [-0.39, 0.29) is 11.7 Å². The highest BCUT2D eigenvalue weighted by Gasteiger charge is 2.15. The lowest BCUT2D eigenvalue weighted by Crippen LogP contribution is -2.09. The number of phenolic OH excluding ortho intramolecular Hbond substituents is 1. The van der Waals surface area contributed by atoms with Gasteiger partial charge in [0, 0.05) is 5.69 Å². The Morgan fingerprint density at radius 1 is 1.23 bits per heavy atom. The maximum absolute atomic E-state index is 12.2. The van der Waals surface area contributed by atoms with E-state index in [2.05, 4.69) is 17.2 Å². The first-order chi connectivity index (χ1) is 12.6. The Bertz CT molecular complexity index is 1080. The molecule has 0 aliphatic rings. The highest BCUT2D eigenvalue weighted by atomic mass is 32.1. The number of aryl methyl sites for hydroxylation is 1. The van der Waals surface area contributed by atoms with Gasteiger partial charge in [-0.2, -0.15) is 0 Å². The smallest absolute Gasteiger partial charge is 0.265 e. The maximum Gasteiger partial charge on any atom is 0.265 e. The fraction of sp³-hybridized carbons (Fsp3) is 0.100. The lowest BCUT2D eigenvalue weighted by atomic mass is 10.1. The van der Waals surface area contributed by atoms with E-state index < -0.39 is 0 Å². The molecule has 2 N–H and O–H groups in total. The quantitative estimate of drug-likeness (QED) is 0.495. The third-order valence-corrected chi connectivity index (χ3v) is 4.96. The van der Waals surface area contributed by atoms with Gasteiger partial charge in [-0.3, -0.25) is 4.79 Å². The molecule has 1 amide bonds. The van der Waals surface area contributed by atoms with Gasteiger partial charge in [-0.15, -0.1) is 11.3 Å². The Labute approximate surface area is 153 Å². The van der Waals surface area contributed by atoms with E-state index in [4.69, 9.17) is 4.42 Å². The number of nitrogens with one attached hydrogen (secondary N) is 1. The third kappa shape index (κ3) is 3.07. The molecular weight excluding hydrogens is 348 g/mol. The van der Waals surface area contributed by atoms with Crippen molar-refractivity contribution in [3.8, 4) is 17.2 Å². The summed E-state index contributed by atoms with van der Waals surface area (Å²) >= 11 is 1.37. The lowest BCUT2D eigenvalue weighted by molar-refractivity contribution is 0.103. The van der Waals surface area contributed by atoms with Crippen LogP contribution in [0.1, 0.15) is 22.2 Å². The Balaban J connectivity index is 1.69. The Hall–Kier alpha value is -3.12. The summed E-state index contributed by atoms with van der Waals surface area (Å²) in [6.45, 7) is 2.08. The first-order valence-electron chi connectivity index (χ1n) is 8.22. The molecule has 0 fully saturated rings. The fourth-order valence-corrected chi connectivity index (χ4v) is 3.31. The van der Waals surface area contributed by atoms with Crippen molar-refractivity contribution in [2.75, 3.05) is 5.32 Å². The molecule has 0 atom stereocenters. The van der Waals surface area contributed by atoms with Crippen molar-refractivity contribution in [2.45, 2.75) is 13.3 Å². The number of rotatable bonds is 4. The second kappa shape index (κ2) is 6.65. The molecule has 0 aliphatic heterocycles. The number of hydrogen-bond donors (Lipinski definition) is 2. The second-order valence-corrected chi connectivity index (χ2v) is 6.79. The number of amides is 1. The summed E-state index contributed by atoms with van der Waals surface area (Å²) in [5, 5.41) is 14.9. The minimum Gasteiger partial charge on any atom is -0.507 e. The van der Waals surface area contributed by atoms with Gasteiger partial charge in [-0.05, 0) is 53.8 Å². The van der Waals surface area contributed by atoms with Gasteiger partial charge in [0.2, 0.25) is 5.89 Å². The van der Waals surface area contributed by atoms with Crippen molar-refractivity contribution in [1.82, 2.24) is 4.98 Å². The summed E-state index contributed by atoms with van der Waals surface area (Å²) in [6.07, 6.45) is 0.910. The normalized spacial score (nSPS) is 11.0. The highest BCUT2D eigenvalue weighted by molar-refractivity contribution is 7.12. The van der Waals surface area contributed by atoms with Crippen LogP contribution in [0, 0.1) is 0 Å². The third-order valence-electron chi connectivity index (χ3n) is 4.09. The zero-order chi connectivity index (χ0) is 18.1. The molecule has 5 nitrogen and oxygen atoms in total. The van der Waals surface area contributed by atoms with Gasteiger partial charge >= 0.3 is 0 Å². The maximum atomic E-state index is 12.2. The Morgan fingerprint density at radius 2 is 2.12 bits per heavy atom. The lowest BCUT2D eigenvalue weighted by Gasteiger charge is -2.06. The van der Waals surface area contributed by atoms with Crippen molar-refractivity contribution in [3.05, 3.63) is 64.4 Å². The predicted molar refractivity (Wildman–Crippen MR) is 103 cm³/mol. The number of benzene rings is 2. The number of carbonyl (C=O) groups excluding carboxylic acids is 1. The molecule has 26 heavy (non-hydrogen) atoms. The van der Waals surface area contributed by atoms with Crippen LogP contribution in [0.25, 0.3) is 22.6 Å². The van der Waals surface area contributed by atoms with Crippen LogP contribution in [0.4, 0.5) is 5.69 Å². The van der Waals surface area contributed by atoms with Crippen molar-refractivity contribution in [3.63, 3.8) is 0 Å². The molecule has 2 aromatic heterocycles. The summed E-state index contributed by atoms with van der Waals surface area (Å²) < 4.78 is 5.78. The molecule has 0 unspecified atom stereocenters. The van der Waals surface area contributed by atoms with Gasteiger partial charge < -0.3 is 14.8 Å². The zero-order valence-corrected chi connectivity index (χ0v) is 14.8. The van der Waals surface area contributed by atoms with Crippen LogP contribution in [0.5, 0.6) is 5.75 Å². The number of thiophene rings is 1. The number of carbonyl (C=O) groups is 1. The summed E-state index contributed by atoms with van der Waals surface area (Å²) in [5.41, 5.74) is 3.56. The number of nitrogens with zero attached hydrogens (tertiary/aromatic N) is 1. The standard InChI is InChI=1S/C20H16N2O3S/c1-2-12-5-8-17-15(10-12)22-20(25-17)14-11-13(6-7-16(14)23)21-19(24)18-4-3-9-26-18/h3-11,23H,2H2,1H3,(H,21,24). The van der Waals surface area contributed by atoms with Gasteiger partial charge in [-0.1, -0.05) is 19.1 Å². The molecule has 130 valence electrons. The summed E-state index contributed by atoms with van der Waals surface area (Å²) in [4.78, 5) is 17.3. The van der Waals surface area contributed by atoms with E-state index in [9.17, 15) is 9.90 Å². The average Bonchev–Trinajstić information content (AvgIpc) is 3.32. The van der Waals surface area contributed by atoms with Gasteiger partial charge in [0.25, 0.3) is 5.91 Å². The monoisotopic (exact) mass is 364 g/mol. The number of phenols is 1. The molecule has 0 saturated carbocycles. The van der Waals surface area contributed by atoms with Crippen molar-refractivity contribution < 1.29 is 14.3 Å². The fourth-order valence-electron chi connectivity index (χ4n) is 2.69. The minimum atomic E-state index is -0.193. The largest absolute Gasteiger partial charge is 0.507 e. The van der Waals surface area contributed by atoms with Crippen LogP contribution in [0.2, 0.25) is 0 Å². The minimum absolute atomic E-state index is 0.0430. The molecule has 0 aliphatic carbocycles. The van der Waals surface area contributed by atoms with E-state index in [0.717, 1.165) is 11.9 Å². The Morgan fingerprint density at radius 3 is 2.88 bits per heavy atom. The second-order valence-electron chi connectivity index (χ2n) is 5.84. The topological polar surface area (TPSA) is 75.4 Å². The van der Waals surface area contributed by atoms with Crippen LogP contribution in [-0.2, 0) is 6.42 Å². The van der Waals surface area contributed by atoms with Crippen LogP contribution in [0.15, 0.2) is 58.3 Å². The van der Waals surface area contributed by atoms with Gasteiger partial charge in [0.05, 0.1) is 10.4 Å². The van der Waals surface area contributed by atoms with E-state index in [1.807, 2.05) is 29.6 Å².